The highest BCUT2D eigenvalue weighted by atomic mass is 32.2. The number of hydrogen-bond donors (Lipinski definition) is 0. The molecule has 0 fully saturated rings. The van der Waals surface area contributed by atoms with Gasteiger partial charge in [-0.25, -0.2) is 8.42 Å². The molecule has 0 saturated heterocycles. The summed E-state index contributed by atoms with van der Waals surface area (Å²) in [6, 6.07) is 5.29. The zero-order chi connectivity index (χ0) is 14.2. The van der Waals surface area contributed by atoms with Crippen LogP contribution in [-0.4, -0.2) is 26.1 Å². The highest BCUT2D eigenvalue weighted by Gasteiger charge is 2.29. The lowest BCUT2D eigenvalue weighted by Crippen LogP contribution is -2.39. The fraction of sp³-hybridized carbons (Fsp3) is 0.357. The molecule has 1 heterocycles. The van der Waals surface area contributed by atoms with Crippen molar-refractivity contribution in [1.82, 2.24) is 0 Å². The van der Waals surface area contributed by atoms with Gasteiger partial charge in [0.2, 0.25) is 5.91 Å². The van der Waals surface area contributed by atoms with Gasteiger partial charge < -0.3 is 4.90 Å². The number of carbonyl (C=O) groups is 1. The fourth-order valence-corrected chi connectivity index (χ4v) is 3.47. The zero-order valence-electron chi connectivity index (χ0n) is 11.3. The summed E-state index contributed by atoms with van der Waals surface area (Å²) in [6.45, 7) is 5.42. The molecule has 19 heavy (non-hydrogen) atoms. The summed E-state index contributed by atoms with van der Waals surface area (Å²) in [5, 5.41) is 1.19. The van der Waals surface area contributed by atoms with E-state index in [9.17, 15) is 13.2 Å². The molecule has 1 aliphatic heterocycles. The molecule has 0 bridgehead atoms. The van der Waals surface area contributed by atoms with E-state index in [4.69, 9.17) is 0 Å². The van der Waals surface area contributed by atoms with Gasteiger partial charge >= 0.3 is 0 Å². The molecule has 4 nitrogen and oxygen atoms in total. The molecule has 2 rings (SSSR count). The Hall–Kier alpha value is -1.62. The van der Waals surface area contributed by atoms with Crippen LogP contribution in [0.15, 0.2) is 29.7 Å². The van der Waals surface area contributed by atoms with Gasteiger partial charge in [0.05, 0.1) is 11.8 Å². The average Bonchev–Trinajstić information content (AvgIpc) is 2.64. The number of nitrogens with zero attached hydrogens (tertiary/aromatic N) is 1. The van der Waals surface area contributed by atoms with E-state index < -0.39 is 15.9 Å². The van der Waals surface area contributed by atoms with Crippen LogP contribution in [0, 0.1) is 13.8 Å². The molecule has 5 heteroatoms. The van der Waals surface area contributed by atoms with E-state index in [1.807, 2.05) is 32.0 Å². The zero-order valence-corrected chi connectivity index (χ0v) is 12.1. The van der Waals surface area contributed by atoms with Crippen LogP contribution in [-0.2, 0) is 14.6 Å². The quantitative estimate of drug-likeness (QED) is 0.831. The predicted molar refractivity (Wildman–Crippen MR) is 75.8 cm³/mol. The molecule has 1 aromatic rings. The van der Waals surface area contributed by atoms with Gasteiger partial charge in [-0.05, 0) is 43.2 Å². The summed E-state index contributed by atoms with van der Waals surface area (Å²) in [5.74, 6) is -0.200. The molecule has 1 amide bonds. The van der Waals surface area contributed by atoms with Crippen LogP contribution < -0.4 is 4.90 Å². The van der Waals surface area contributed by atoms with Crippen LogP contribution >= 0.6 is 0 Å². The van der Waals surface area contributed by atoms with Crippen molar-refractivity contribution >= 4 is 21.4 Å². The molecule has 0 saturated carbocycles. The standard InChI is InChI=1S/C14H17NO3S/c1-10-4-5-13(8-11(10)2)15(12(3)16)14-6-7-19(17,18)9-14/h4-8,14H,9H2,1-3H3/t14-/m0/s1. The maximum atomic E-state index is 11.8. The van der Waals surface area contributed by atoms with Crippen molar-refractivity contribution in [3.05, 3.63) is 40.8 Å². The first-order valence-corrected chi connectivity index (χ1v) is 7.80. The molecule has 0 radical (unpaired) electrons. The maximum Gasteiger partial charge on any atom is 0.224 e. The Morgan fingerprint density at radius 3 is 2.42 bits per heavy atom. The van der Waals surface area contributed by atoms with Gasteiger partial charge in [0.25, 0.3) is 0 Å². The number of amides is 1. The number of aryl methyl sites for hydroxylation is 2. The van der Waals surface area contributed by atoms with E-state index in [2.05, 4.69) is 0 Å². The third kappa shape index (κ3) is 2.87. The van der Waals surface area contributed by atoms with Gasteiger partial charge in [0, 0.05) is 18.0 Å². The van der Waals surface area contributed by atoms with Crippen molar-refractivity contribution in [2.45, 2.75) is 26.8 Å². The van der Waals surface area contributed by atoms with Crippen molar-refractivity contribution in [3.8, 4) is 0 Å². The lowest BCUT2D eigenvalue weighted by molar-refractivity contribution is -0.116. The Morgan fingerprint density at radius 2 is 1.95 bits per heavy atom. The van der Waals surface area contributed by atoms with Gasteiger partial charge in [-0.1, -0.05) is 6.07 Å². The van der Waals surface area contributed by atoms with E-state index >= 15 is 0 Å². The summed E-state index contributed by atoms with van der Waals surface area (Å²) in [7, 11) is -3.17. The number of anilines is 1. The number of hydrogen-bond acceptors (Lipinski definition) is 3. The molecule has 0 unspecified atom stereocenters. The Bertz CT molecular complexity index is 647. The summed E-state index contributed by atoms with van der Waals surface area (Å²) < 4.78 is 23.0. The van der Waals surface area contributed by atoms with E-state index in [1.54, 1.807) is 6.08 Å². The van der Waals surface area contributed by atoms with Gasteiger partial charge in [0.1, 0.15) is 0 Å². The summed E-state index contributed by atoms with van der Waals surface area (Å²) >= 11 is 0. The monoisotopic (exact) mass is 279 g/mol. The van der Waals surface area contributed by atoms with Crippen LogP contribution in [0.3, 0.4) is 0 Å². The Balaban J connectivity index is 2.39. The van der Waals surface area contributed by atoms with Gasteiger partial charge in [-0.15, -0.1) is 0 Å². The molecule has 0 aliphatic carbocycles. The lowest BCUT2D eigenvalue weighted by Gasteiger charge is -2.26. The van der Waals surface area contributed by atoms with Crippen molar-refractivity contribution in [1.29, 1.82) is 0 Å². The molecule has 0 spiro atoms. The van der Waals surface area contributed by atoms with Crippen LogP contribution in [0.4, 0.5) is 5.69 Å². The smallest absolute Gasteiger partial charge is 0.224 e. The molecular weight excluding hydrogens is 262 g/mol. The molecule has 1 aliphatic rings. The van der Waals surface area contributed by atoms with Gasteiger partial charge in [-0.2, -0.15) is 0 Å². The number of rotatable bonds is 2. The second-order valence-electron chi connectivity index (χ2n) is 4.88. The van der Waals surface area contributed by atoms with Crippen LogP contribution in [0.5, 0.6) is 0 Å². The molecule has 0 N–H and O–H groups in total. The number of benzene rings is 1. The second kappa shape index (κ2) is 4.81. The Kier molecular flexibility index (Phi) is 3.49. The van der Waals surface area contributed by atoms with Crippen LogP contribution in [0.1, 0.15) is 18.1 Å². The van der Waals surface area contributed by atoms with Crippen molar-refractivity contribution in [2.75, 3.05) is 10.7 Å². The van der Waals surface area contributed by atoms with E-state index in [1.165, 1.54) is 17.2 Å². The minimum atomic E-state index is -3.17. The third-order valence-electron chi connectivity index (χ3n) is 3.35. The highest BCUT2D eigenvalue weighted by Crippen LogP contribution is 2.24. The maximum absolute atomic E-state index is 11.8. The van der Waals surface area contributed by atoms with Crippen molar-refractivity contribution in [2.24, 2.45) is 0 Å². The molecular formula is C14H17NO3S. The Morgan fingerprint density at radius 1 is 1.26 bits per heavy atom. The van der Waals surface area contributed by atoms with E-state index in [0.29, 0.717) is 0 Å². The molecule has 102 valence electrons. The third-order valence-corrected chi connectivity index (χ3v) is 4.73. The SMILES string of the molecule is CC(=O)N(c1ccc(C)c(C)c1)[C@H]1C=CS(=O)(=O)C1. The van der Waals surface area contributed by atoms with Crippen molar-refractivity contribution < 1.29 is 13.2 Å². The van der Waals surface area contributed by atoms with E-state index in [0.717, 1.165) is 16.8 Å². The molecule has 1 aromatic carbocycles. The first-order chi connectivity index (χ1) is 8.80. The second-order valence-corrected chi connectivity index (χ2v) is 6.81. The first-order valence-electron chi connectivity index (χ1n) is 6.08. The number of sulfone groups is 1. The minimum absolute atomic E-state index is 0.0422. The number of carbonyl (C=O) groups excluding carboxylic acids is 1. The van der Waals surface area contributed by atoms with Gasteiger partial charge in [0.15, 0.2) is 9.84 Å². The summed E-state index contributed by atoms with van der Waals surface area (Å²) in [6.07, 6.45) is 1.58. The summed E-state index contributed by atoms with van der Waals surface area (Å²) in [5.41, 5.74) is 2.96. The molecule has 1 atom stereocenters. The largest absolute Gasteiger partial charge is 0.305 e. The normalized spacial score (nSPS) is 20.5. The summed E-state index contributed by atoms with van der Waals surface area (Å²) in [4.78, 5) is 13.4. The van der Waals surface area contributed by atoms with Crippen LogP contribution in [0.25, 0.3) is 0 Å². The first kappa shape index (κ1) is 13.8. The topological polar surface area (TPSA) is 54.5 Å². The van der Waals surface area contributed by atoms with Crippen LogP contribution in [0.2, 0.25) is 0 Å². The van der Waals surface area contributed by atoms with Crippen molar-refractivity contribution in [3.63, 3.8) is 0 Å². The highest BCUT2D eigenvalue weighted by molar-refractivity contribution is 7.94. The molecule has 0 aromatic heterocycles. The predicted octanol–water partition coefficient (Wildman–Crippen LogP) is 1.97. The van der Waals surface area contributed by atoms with Gasteiger partial charge in [-0.3, -0.25) is 4.79 Å². The Labute approximate surface area is 113 Å². The fourth-order valence-electron chi connectivity index (χ4n) is 2.20. The lowest BCUT2D eigenvalue weighted by atomic mass is 10.1. The minimum Gasteiger partial charge on any atom is -0.305 e. The van der Waals surface area contributed by atoms with E-state index in [-0.39, 0.29) is 11.7 Å². The average molecular weight is 279 g/mol.